The Hall–Kier alpha value is -2.91. The molecular weight excluding hydrogens is 587 g/mol. The van der Waals surface area contributed by atoms with Gasteiger partial charge in [0.15, 0.2) is 16.6 Å². The van der Waals surface area contributed by atoms with Crippen molar-refractivity contribution < 1.29 is 19.1 Å². The summed E-state index contributed by atoms with van der Waals surface area (Å²) in [5.74, 6) is -0.345. The number of benzene rings is 3. The molecule has 1 aliphatic rings. The summed E-state index contributed by atoms with van der Waals surface area (Å²) in [7, 11) is 1.51. The largest absolute Gasteiger partial charge is 0.493 e. The van der Waals surface area contributed by atoms with Crippen molar-refractivity contribution in [1.82, 2.24) is 5.32 Å². The zero-order chi connectivity index (χ0) is 26.0. The van der Waals surface area contributed by atoms with Crippen LogP contribution in [0.3, 0.4) is 0 Å². The molecule has 3 aromatic rings. The number of ether oxygens (including phenoxy) is 2. The second-order valence-corrected chi connectivity index (χ2v) is 9.87. The maximum Gasteiger partial charge on any atom is 0.270 e. The van der Waals surface area contributed by atoms with E-state index in [9.17, 15) is 9.59 Å². The van der Waals surface area contributed by atoms with Crippen molar-refractivity contribution in [2.24, 2.45) is 0 Å². The highest BCUT2D eigenvalue weighted by molar-refractivity contribution is 9.10. The molecule has 36 heavy (non-hydrogen) atoms. The molecule has 1 aliphatic heterocycles. The number of amides is 2. The second-order valence-electron chi connectivity index (χ2n) is 7.84. The highest BCUT2D eigenvalue weighted by atomic mass is 79.9. The number of aryl methyl sites for hydroxylation is 1. The van der Waals surface area contributed by atoms with Crippen molar-refractivity contribution in [2.75, 3.05) is 12.0 Å². The van der Waals surface area contributed by atoms with Gasteiger partial charge in [-0.15, -0.1) is 0 Å². The molecule has 0 spiro atoms. The van der Waals surface area contributed by atoms with Gasteiger partial charge in [-0.25, -0.2) is 0 Å². The Morgan fingerprint density at radius 1 is 1.11 bits per heavy atom. The third-order valence-electron chi connectivity index (χ3n) is 5.34. The molecule has 2 amide bonds. The van der Waals surface area contributed by atoms with Gasteiger partial charge in [0.2, 0.25) is 0 Å². The van der Waals surface area contributed by atoms with E-state index in [4.69, 9.17) is 44.9 Å². The van der Waals surface area contributed by atoms with Crippen molar-refractivity contribution in [3.8, 4) is 11.5 Å². The van der Waals surface area contributed by atoms with E-state index in [0.29, 0.717) is 28.1 Å². The number of anilines is 1. The summed E-state index contributed by atoms with van der Waals surface area (Å²) < 4.78 is 12.1. The second kappa shape index (κ2) is 11.0. The molecule has 0 aliphatic carbocycles. The molecule has 0 atom stereocenters. The Labute approximate surface area is 231 Å². The first-order valence-electron chi connectivity index (χ1n) is 10.6. The molecule has 0 radical (unpaired) electrons. The van der Waals surface area contributed by atoms with Crippen molar-refractivity contribution in [2.45, 2.75) is 13.5 Å². The monoisotopic (exact) mass is 604 g/mol. The molecule has 184 valence electrons. The molecule has 4 rings (SSSR count). The van der Waals surface area contributed by atoms with Crippen LogP contribution in [0.25, 0.3) is 6.08 Å². The van der Waals surface area contributed by atoms with E-state index >= 15 is 0 Å². The molecule has 0 bridgehead atoms. The summed E-state index contributed by atoms with van der Waals surface area (Å²) in [6, 6.07) is 16.2. The van der Waals surface area contributed by atoms with Crippen LogP contribution in [0.15, 0.2) is 64.6 Å². The van der Waals surface area contributed by atoms with Gasteiger partial charge in [0.1, 0.15) is 12.2 Å². The van der Waals surface area contributed by atoms with Crippen LogP contribution in [0.2, 0.25) is 10.0 Å². The fourth-order valence-electron chi connectivity index (χ4n) is 3.51. The Kier molecular flexibility index (Phi) is 8.00. The fraction of sp³-hybridized carbons (Fsp3) is 0.115. The van der Waals surface area contributed by atoms with Gasteiger partial charge >= 0.3 is 0 Å². The molecule has 6 nitrogen and oxygen atoms in total. The lowest BCUT2D eigenvalue weighted by Crippen LogP contribution is -2.54. The van der Waals surface area contributed by atoms with Crippen LogP contribution in [0.1, 0.15) is 16.7 Å². The van der Waals surface area contributed by atoms with Crippen LogP contribution in [-0.2, 0) is 16.2 Å². The van der Waals surface area contributed by atoms with Crippen LogP contribution in [0.5, 0.6) is 11.5 Å². The number of rotatable bonds is 6. The minimum Gasteiger partial charge on any atom is -0.493 e. The predicted octanol–water partition coefficient (Wildman–Crippen LogP) is 6.48. The molecule has 1 heterocycles. The molecule has 0 aromatic heterocycles. The van der Waals surface area contributed by atoms with E-state index < -0.39 is 11.8 Å². The maximum atomic E-state index is 13.3. The minimum atomic E-state index is -0.636. The number of carbonyl (C=O) groups excluding carboxylic acids is 2. The number of thiocarbonyl (C=S) groups is 1. The molecule has 3 aromatic carbocycles. The van der Waals surface area contributed by atoms with Gasteiger partial charge in [-0.3, -0.25) is 19.8 Å². The first-order valence-corrected chi connectivity index (χ1v) is 12.6. The fourth-order valence-corrected chi connectivity index (χ4v) is 4.74. The highest BCUT2D eigenvalue weighted by Gasteiger charge is 2.35. The Morgan fingerprint density at radius 2 is 1.83 bits per heavy atom. The summed E-state index contributed by atoms with van der Waals surface area (Å²) in [5, 5.41) is 2.83. The van der Waals surface area contributed by atoms with Gasteiger partial charge in [0, 0.05) is 0 Å². The predicted molar refractivity (Wildman–Crippen MR) is 149 cm³/mol. The van der Waals surface area contributed by atoms with E-state index in [-0.39, 0.29) is 26.4 Å². The molecule has 1 fully saturated rings. The summed E-state index contributed by atoms with van der Waals surface area (Å²) >= 11 is 21.2. The summed E-state index contributed by atoms with van der Waals surface area (Å²) in [6.07, 6.45) is 1.45. The van der Waals surface area contributed by atoms with Gasteiger partial charge in [0.25, 0.3) is 11.8 Å². The third-order valence-corrected chi connectivity index (χ3v) is 7.02. The number of nitrogens with one attached hydrogen (secondary N) is 1. The molecule has 1 saturated heterocycles. The number of hydrogen-bond donors (Lipinski definition) is 1. The van der Waals surface area contributed by atoms with Gasteiger partial charge in [-0.05, 0) is 76.5 Å². The standard InChI is InChI=1S/C26H19BrCl2N2O4S/c1-14-6-8-15(9-7-14)13-35-23-18(27)11-16(12-21(23)34-2)10-17-24(32)30-26(36)31(25(17)33)20-5-3-4-19(28)22(20)29/h3-12H,13H2,1-2H3,(H,30,32,36)/b17-10+. The average molecular weight is 606 g/mol. The van der Waals surface area contributed by atoms with Crippen LogP contribution in [-0.4, -0.2) is 24.0 Å². The van der Waals surface area contributed by atoms with Crippen molar-refractivity contribution in [1.29, 1.82) is 0 Å². The first kappa shape index (κ1) is 26.2. The SMILES string of the molecule is COc1cc(/C=C2\C(=O)NC(=S)N(c3cccc(Cl)c3Cl)C2=O)cc(Br)c1OCc1ccc(C)cc1. The van der Waals surface area contributed by atoms with E-state index in [1.165, 1.54) is 13.2 Å². The van der Waals surface area contributed by atoms with E-state index in [0.717, 1.165) is 16.0 Å². The van der Waals surface area contributed by atoms with Crippen molar-refractivity contribution in [3.63, 3.8) is 0 Å². The summed E-state index contributed by atoms with van der Waals surface area (Å²) in [4.78, 5) is 27.2. The van der Waals surface area contributed by atoms with E-state index in [1.807, 2.05) is 31.2 Å². The highest BCUT2D eigenvalue weighted by Crippen LogP contribution is 2.39. The lowest BCUT2D eigenvalue weighted by atomic mass is 10.1. The molecule has 10 heteroatoms. The van der Waals surface area contributed by atoms with Crippen molar-refractivity contribution in [3.05, 3.63) is 91.4 Å². The van der Waals surface area contributed by atoms with Gasteiger partial charge in [-0.1, -0.05) is 59.1 Å². The van der Waals surface area contributed by atoms with Crippen LogP contribution >= 0.6 is 51.3 Å². The van der Waals surface area contributed by atoms with Gasteiger partial charge in [0.05, 0.1) is 27.3 Å². The van der Waals surface area contributed by atoms with Crippen molar-refractivity contribution >= 4 is 80.0 Å². The van der Waals surface area contributed by atoms with Crippen LogP contribution in [0.4, 0.5) is 5.69 Å². The quantitative estimate of drug-likeness (QED) is 0.198. The number of methoxy groups -OCH3 is 1. The van der Waals surface area contributed by atoms with E-state index in [2.05, 4.69) is 21.2 Å². The summed E-state index contributed by atoms with van der Waals surface area (Å²) in [5.41, 5.74) is 2.82. The van der Waals surface area contributed by atoms with E-state index in [1.54, 1.807) is 30.3 Å². The minimum absolute atomic E-state index is 0.0927. The average Bonchev–Trinajstić information content (AvgIpc) is 2.84. The zero-order valence-electron chi connectivity index (χ0n) is 19.1. The maximum absolute atomic E-state index is 13.3. The number of nitrogens with zero attached hydrogens (tertiary/aromatic N) is 1. The molecule has 1 N–H and O–H groups in total. The number of carbonyl (C=O) groups is 2. The molecule has 0 saturated carbocycles. The Morgan fingerprint density at radius 3 is 2.53 bits per heavy atom. The Balaban J connectivity index is 1.66. The number of hydrogen-bond acceptors (Lipinski definition) is 5. The zero-order valence-corrected chi connectivity index (χ0v) is 23.0. The lowest BCUT2D eigenvalue weighted by Gasteiger charge is -2.29. The summed E-state index contributed by atoms with van der Waals surface area (Å²) in [6.45, 7) is 2.36. The van der Waals surface area contributed by atoms with Gasteiger partial charge < -0.3 is 9.47 Å². The topological polar surface area (TPSA) is 67.9 Å². The van der Waals surface area contributed by atoms with Crippen LogP contribution in [0, 0.1) is 6.92 Å². The number of halogens is 3. The third kappa shape index (κ3) is 5.42. The molecular formula is C26H19BrCl2N2O4S. The normalized spacial score (nSPS) is 14.8. The van der Waals surface area contributed by atoms with Crippen LogP contribution < -0.4 is 19.7 Å². The smallest absolute Gasteiger partial charge is 0.270 e. The molecule has 0 unspecified atom stereocenters. The van der Waals surface area contributed by atoms with Gasteiger partial charge in [-0.2, -0.15) is 0 Å². The Bertz CT molecular complexity index is 1410. The lowest BCUT2D eigenvalue weighted by molar-refractivity contribution is -0.122. The first-order chi connectivity index (χ1) is 17.2.